The van der Waals surface area contributed by atoms with E-state index < -0.39 is 17.0 Å². The number of nitrogens with zero attached hydrogens (tertiary/aromatic N) is 1. The topological polar surface area (TPSA) is 87.9 Å². The zero-order chi connectivity index (χ0) is 16.4. The Bertz CT molecular complexity index is 773. The molecule has 0 saturated carbocycles. The fourth-order valence-electron chi connectivity index (χ4n) is 2.21. The van der Waals surface area contributed by atoms with Gasteiger partial charge in [0, 0.05) is 11.6 Å². The van der Waals surface area contributed by atoms with Gasteiger partial charge in [0.1, 0.15) is 12.4 Å². The highest BCUT2D eigenvalue weighted by Crippen LogP contribution is 2.31. The van der Waals surface area contributed by atoms with Crippen LogP contribution in [0.4, 0.5) is 5.69 Å². The molecule has 7 nitrogen and oxygen atoms in total. The molecule has 1 heterocycles. The Morgan fingerprint density at radius 2 is 2.00 bits per heavy atom. The molecule has 0 N–H and O–H groups in total. The van der Waals surface area contributed by atoms with Gasteiger partial charge in [-0.2, -0.15) is 0 Å². The molecule has 0 saturated heterocycles. The minimum absolute atomic E-state index is 0.0315. The Labute approximate surface area is 131 Å². The van der Waals surface area contributed by atoms with Crippen molar-refractivity contribution in [3.8, 4) is 17.2 Å². The van der Waals surface area contributed by atoms with Crippen LogP contribution in [0.3, 0.4) is 0 Å². The molecular weight excluding hydrogens is 302 g/mol. The summed E-state index contributed by atoms with van der Waals surface area (Å²) in [4.78, 5) is 22.4. The van der Waals surface area contributed by atoms with Crippen molar-refractivity contribution in [2.75, 3.05) is 6.61 Å². The van der Waals surface area contributed by atoms with Crippen molar-refractivity contribution in [2.45, 2.75) is 13.0 Å². The number of fused-ring (bicyclic) bond motifs is 1. The first-order valence-corrected chi connectivity index (χ1v) is 6.90. The highest BCUT2D eigenvalue weighted by atomic mass is 16.6. The van der Waals surface area contributed by atoms with Crippen LogP contribution in [0.5, 0.6) is 17.2 Å². The average Bonchev–Trinajstić information content (AvgIpc) is 2.54. The van der Waals surface area contributed by atoms with Crippen LogP contribution in [-0.2, 0) is 4.79 Å². The molecule has 0 spiro atoms. The monoisotopic (exact) mass is 315 g/mol. The lowest BCUT2D eigenvalue weighted by Gasteiger charge is -2.24. The Morgan fingerprint density at radius 1 is 1.26 bits per heavy atom. The van der Waals surface area contributed by atoms with Gasteiger partial charge in [0.05, 0.1) is 4.92 Å². The van der Waals surface area contributed by atoms with E-state index in [1.165, 1.54) is 18.2 Å². The number of aryl methyl sites for hydroxylation is 1. The van der Waals surface area contributed by atoms with E-state index in [2.05, 4.69) is 0 Å². The van der Waals surface area contributed by atoms with Gasteiger partial charge in [-0.3, -0.25) is 10.1 Å². The number of carbonyl (C=O) groups is 1. The maximum Gasteiger partial charge on any atom is 0.356 e. The van der Waals surface area contributed by atoms with Gasteiger partial charge in [0.2, 0.25) is 6.10 Å². The molecular formula is C16H13NO6. The molecule has 0 aliphatic carbocycles. The highest BCUT2D eigenvalue weighted by Gasteiger charge is 2.29. The summed E-state index contributed by atoms with van der Waals surface area (Å²) in [6, 6.07) is 11.1. The second kappa shape index (κ2) is 5.96. The molecule has 0 amide bonds. The van der Waals surface area contributed by atoms with Crippen LogP contribution in [0.25, 0.3) is 0 Å². The minimum atomic E-state index is -0.889. The third-order valence-corrected chi connectivity index (χ3v) is 3.35. The van der Waals surface area contributed by atoms with E-state index in [0.717, 1.165) is 0 Å². The molecule has 0 unspecified atom stereocenters. The van der Waals surface area contributed by atoms with Crippen LogP contribution in [0, 0.1) is 17.0 Å². The zero-order valence-electron chi connectivity index (χ0n) is 12.2. The van der Waals surface area contributed by atoms with Crippen molar-refractivity contribution in [3.63, 3.8) is 0 Å². The van der Waals surface area contributed by atoms with Crippen LogP contribution in [0.15, 0.2) is 42.5 Å². The third kappa shape index (κ3) is 3.08. The highest BCUT2D eigenvalue weighted by molar-refractivity contribution is 5.78. The number of nitro groups is 1. The predicted octanol–water partition coefficient (Wildman–Crippen LogP) is 2.65. The van der Waals surface area contributed by atoms with Crippen molar-refractivity contribution in [1.29, 1.82) is 0 Å². The second-order valence-corrected chi connectivity index (χ2v) is 4.99. The predicted molar refractivity (Wildman–Crippen MR) is 79.8 cm³/mol. The quantitative estimate of drug-likeness (QED) is 0.374. The molecule has 1 aliphatic heterocycles. The first-order chi connectivity index (χ1) is 11.0. The number of hydrogen-bond acceptors (Lipinski definition) is 6. The van der Waals surface area contributed by atoms with E-state index in [9.17, 15) is 14.9 Å². The van der Waals surface area contributed by atoms with Gasteiger partial charge in [-0.05, 0) is 31.2 Å². The third-order valence-electron chi connectivity index (χ3n) is 3.35. The smallest absolute Gasteiger partial charge is 0.356 e. The van der Waals surface area contributed by atoms with Crippen molar-refractivity contribution >= 4 is 11.7 Å². The number of nitro benzene ring substituents is 1. The molecule has 0 radical (unpaired) electrons. The second-order valence-electron chi connectivity index (χ2n) is 4.99. The summed E-state index contributed by atoms with van der Waals surface area (Å²) in [6.45, 7) is 1.62. The number of rotatable bonds is 3. The van der Waals surface area contributed by atoms with E-state index in [0.29, 0.717) is 17.1 Å². The molecule has 118 valence electrons. The van der Waals surface area contributed by atoms with Crippen LogP contribution < -0.4 is 14.2 Å². The minimum Gasteiger partial charge on any atom is -0.485 e. The van der Waals surface area contributed by atoms with Crippen LogP contribution in [0.2, 0.25) is 0 Å². The number of para-hydroxylation sites is 2. The van der Waals surface area contributed by atoms with E-state index in [1.807, 2.05) is 0 Å². The summed E-state index contributed by atoms with van der Waals surface area (Å²) in [7, 11) is 0. The summed E-state index contributed by atoms with van der Waals surface area (Å²) >= 11 is 0. The lowest BCUT2D eigenvalue weighted by molar-refractivity contribution is -0.385. The van der Waals surface area contributed by atoms with Crippen LogP contribution >= 0.6 is 0 Å². The average molecular weight is 315 g/mol. The lowest BCUT2D eigenvalue weighted by Crippen LogP contribution is -2.39. The Kier molecular flexibility index (Phi) is 3.84. The Balaban J connectivity index is 1.71. The molecule has 2 aromatic carbocycles. The largest absolute Gasteiger partial charge is 0.485 e. The maximum absolute atomic E-state index is 12.1. The van der Waals surface area contributed by atoms with Gasteiger partial charge in [0.25, 0.3) is 5.69 Å². The number of carbonyl (C=O) groups excluding carboxylic acids is 1. The fourth-order valence-corrected chi connectivity index (χ4v) is 2.21. The SMILES string of the molecule is Cc1cc(OC(=O)[C@H]2COc3ccccc3O2)ccc1[N+](=O)[O-]. The van der Waals surface area contributed by atoms with Crippen molar-refractivity contribution < 1.29 is 23.9 Å². The van der Waals surface area contributed by atoms with Gasteiger partial charge >= 0.3 is 5.97 Å². The summed E-state index contributed by atoms with van der Waals surface area (Å²) in [5.41, 5.74) is 0.377. The summed E-state index contributed by atoms with van der Waals surface area (Å²) < 4.78 is 16.2. The van der Waals surface area contributed by atoms with E-state index in [4.69, 9.17) is 14.2 Å². The van der Waals surface area contributed by atoms with Crippen LogP contribution in [-0.4, -0.2) is 23.6 Å². The van der Waals surface area contributed by atoms with Gasteiger partial charge in [-0.1, -0.05) is 12.1 Å². The summed E-state index contributed by atoms with van der Waals surface area (Å²) in [6.07, 6.45) is -0.889. The van der Waals surface area contributed by atoms with E-state index in [-0.39, 0.29) is 18.0 Å². The molecule has 7 heteroatoms. The van der Waals surface area contributed by atoms with Crippen LogP contribution in [0.1, 0.15) is 5.56 Å². The molecule has 0 aromatic heterocycles. The molecule has 3 rings (SSSR count). The maximum atomic E-state index is 12.1. The van der Waals surface area contributed by atoms with E-state index in [1.54, 1.807) is 31.2 Å². The van der Waals surface area contributed by atoms with Gasteiger partial charge < -0.3 is 14.2 Å². The first-order valence-electron chi connectivity index (χ1n) is 6.90. The molecule has 0 bridgehead atoms. The number of ether oxygens (including phenoxy) is 3. The molecule has 1 atom stereocenters. The number of hydrogen-bond donors (Lipinski definition) is 0. The van der Waals surface area contributed by atoms with Crippen molar-refractivity contribution in [3.05, 3.63) is 58.1 Å². The molecule has 23 heavy (non-hydrogen) atoms. The van der Waals surface area contributed by atoms with Gasteiger partial charge in [-0.15, -0.1) is 0 Å². The number of esters is 1. The van der Waals surface area contributed by atoms with Crippen molar-refractivity contribution in [2.24, 2.45) is 0 Å². The Morgan fingerprint density at radius 3 is 2.70 bits per heavy atom. The standard InChI is InChI=1S/C16H13NO6/c1-10-8-11(6-7-12(10)17(19)20)22-16(18)15-9-21-13-4-2-3-5-14(13)23-15/h2-8,15H,9H2,1H3/t15-/m1/s1. The van der Waals surface area contributed by atoms with Gasteiger partial charge in [-0.25, -0.2) is 4.79 Å². The molecule has 2 aromatic rings. The van der Waals surface area contributed by atoms with Crippen molar-refractivity contribution in [1.82, 2.24) is 0 Å². The van der Waals surface area contributed by atoms with Gasteiger partial charge in [0.15, 0.2) is 11.5 Å². The number of benzene rings is 2. The normalized spacial score (nSPS) is 15.8. The fraction of sp³-hybridized carbons (Fsp3) is 0.188. The first kappa shape index (κ1) is 14.8. The molecule has 0 fully saturated rings. The van der Waals surface area contributed by atoms with E-state index >= 15 is 0 Å². The Hall–Kier alpha value is -3.09. The summed E-state index contributed by atoms with van der Waals surface area (Å²) in [5.74, 6) is 0.650. The molecule has 1 aliphatic rings. The zero-order valence-corrected chi connectivity index (χ0v) is 12.2. The lowest BCUT2D eigenvalue weighted by atomic mass is 10.2. The summed E-state index contributed by atoms with van der Waals surface area (Å²) in [5, 5.41) is 10.8.